The molecule has 0 radical (unpaired) electrons. The van der Waals surface area contributed by atoms with Crippen LogP contribution in [0.5, 0.6) is 0 Å². The quantitative estimate of drug-likeness (QED) is 0.586. The molecule has 1 aromatic rings. The SMILES string of the molecule is Cc1nc(NC(C)CC(N)=O)ccc1[N+](=O)[O-]. The van der Waals surface area contributed by atoms with Crippen LogP contribution in [0, 0.1) is 17.0 Å². The summed E-state index contributed by atoms with van der Waals surface area (Å²) in [4.78, 5) is 24.8. The van der Waals surface area contributed by atoms with Gasteiger partial charge in [-0.1, -0.05) is 0 Å². The number of aryl methyl sites for hydroxylation is 1. The molecule has 0 bridgehead atoms. The second kappa shape index (κ2) is 5.24. The number of nitrogens with zero attached hydrogens (tertiary/aromatic N) is 2. The van der Waals surface area contributed by atoms with Crippen molar-refractivity contribution < 1.29 is 9.72 Å². The summed E-state index contributed by atoms with van der Waals surface area (Å²) in [7, 11) is 0. The number of pyridine rings is 1. The monoisotopic (exact) mass is 238 g/mol. The molecule has 1 atom stereocenters. The number of aromatic nitrogens is 1. The predicted molar refractivity (Wildman–Crippen MR) is 62.5 cm³/mol. The summed E-state index contributed by atoms with van der Waals surface area (Å²) in [5.41, 5.74) is 5.35. The van der Waals surface area contributed by atoms with Crippen LogP contribution in [0.3, 0.4) is 0 Å². The number of anilines is 1. The molecule has 0 spiro atoms. The minimum absolute atomic E-state index is 0.0295. The summed E-state index contributed by atoms with van der Waals surface area (Å²) in [5.74, 6) is 0.0745. The van der Waals surface area contributed by atoms with Gasteiger partial charge in [-0.25, -0.2) is 4.98 Å². The van der Waals surface area contributed by atoms with Gasteiger partial charge in [-0.05, 0) is 19.9 Å². The number of amides is 1. The highest BCUT2D eigenvalue weighted by Crippen LogP contribution is 2.18. The molecule has 7 nitrogen and oxygen atoms in total. The van der Waals surface area contributed by atoms with E-state index >= 15 is 0 Å². The second-order valence-corrected chi connectivity index (χ2v) is 3.77. The van der Waals surface area contributed by atoms with E-state index in [1.54, 1.807) is 13.8 Å². The summed E-state index contributed by atoms with van der Waals surface area (Å²) in [6.07, 6.45) is 0.178. The van der Waals surface area contributed by atoms with Gasteiger partial charge in [0.15, 0.2) is 0 Å². The van der Waals surface area contributed by atoms with Crippen LogP contribution < -0.4 is 11.1 Å². The average Bonchev–Trinajstić information content (AvgIpc) is 2.15. The lowest BCUT2D eigenvalue weighted by Crippen LogP contribution is -2.24. The van der Waals surface area contributed by atoms with E-state index in [0.29, 0.717) is 11.5 Å². The van der Waals surface area contributed by atoms with E-state index in [9.17, 15) is 14.9 Å². The summed E-state index contributed by atoms with van der Waals surface area (Å²) in [5, 5.41) is 13.5. The number of nitrogens with one attached hydrogen (secondary N) is 1. The van der Waals surface area contributed by atoms with E-state index in [1.165, 1.54) is 12.1 Å². The smallest absolute Gasteiger partial charge is 0.290 e. The summed E-state index contributed by atoms with van der Waals surface area (Å²) in [6.45, 7) is 3.34. The summed E-state index contributed by atoms with van der Waals surface area (Å²) in [6, 6.07) is 2.71. The first kappa shape index (κ1) is 12.9. The lowest BCUT2D eigenvalue weighted by molar-refractivity contribution is -0.385. The maximum atomic E-state index is 10.7. The highest BCUT2D eigenvalue weighted by Gasteiger charge is 2.13. The van der Waals surface area contributed by atoms with Gasteiger partial charge in [-0.15, -0.1) is 0 Å². The van der Waals surface area contributed by atoms with E-state index in [1.807, 2.05) is 0 Å². The van der Waals surface area contributed by atoms with E-state index in [4.69, 9.17) is 5.73 Å². The molecule has 0 aromatic carbocycles. The molecule has 0 aliphatic carbocycles. The van der Waals surface area contributed by atoms with Crippen molar-refractivity contribution in [3.05, 3.63) is 27.9 Å². The Bertz CT molecular complexity index is 447. The molecule has 0 aliphatic heterocycles. The van der Waals surface area contributed by atoms with Gasteiger partial charge in [-0.3, -0.25) is 14.9 Å². The number of hydrogen-bond acceptors (Lipinski definition) is 5. The molecule has 0 fully saturated rings. The maximum absolute atomic E-state index is 10.7. The van der Waals surface area contributed by atoms with Crippen molar-refractivity contribution in [2.45, 2.75) is 26.3 Å². The molecular weight excluding hydrogens is 224 g/mol. The first-order valence-electron chi connectivity index (χ1n) is 5.07. The topological polar surface area (TPSA) is 111 Å². The number of nitrogens with two attached hydrogens (primary N) is 1. The van der Waals surface area contributed by atoms with Crippen molar-refractivity contribution in [3.63, 3.8) is 0 Å². The zero-order valence-electron chi connectivity index (χ0n) is 9.64. The molecule has 1 amide bonds. The minimum Gasteiger partial charge on any atom is -0.370 e. The Kier molecular flexibility index (Phi) is 3.97. The van der Waals surface area contributed by atoms with Crippen LogP contribution in [0.15, 0.2) is 12.1 Å². The molecule has 17 heavy (non-hydrogen) atoms. The normalized spacial score (nSPS) is 11.9. The van der Waals surface area contributed by atoms with Crippen molar-refractivity contribution in [2.24, 2.45) is 5.73 Å². The predicted octanol–water partition coefficient (Wildman–Crippen LogP) is 0.974. The zero-order valence-corrected chi connectivity index (χ0v) is 9.64. The number of carbonyl (C=O) groups excluding carboxylic acids is 1. The van der Waals surface area contributed by atoms with Gasteiger partial charge in [0.2, 0.25) is 5.91 Å². The zero-order chi connectivity index (χ0) is 13.0. The fourth-order valence-corrected chi connectivity index (χ4v) is 1.43. The molecule has 92 valence electrons. The Morgan fingerprint density at radius 3 is 2.76 bits per heavy atom. The van der Waals surface area contributed by atoms with Gasteiger partial charge in [0.1, 0.15) is 11.5 Å². The Morgan fingerprint density at radius 1 is 1.65 bits per heavy atom. The highest BCUT2D eigenvalue weighted by atomic mass is 16.6. The molecule has 1 rings (SSSR count). The van der Waals surface area contributed by atoms with Crippen molar-refractivity contribution in [1.82, 2.24) is 4.98 Å². The largest absolute Gasteiger partial charge is 0.370 e. The van der Waals surface area contributed by atoms with Crippen molar-refractivity contribution in [2.75, 3.05) is 5.32 Å². The Hall–Kier alpha value is -2.18. The lowest BCUT2D eigenvalue weighted by Gasteiger charge is -2.12. The third-order valence-electron chi connectivity index (χ3n) is 2.16. The van der Waals surface area contributed by atoms with E-state index in [-0.39, 0.29) is 18.2 Å². The van der Waals surface area contributed by atoms with E-state index in [2.05, 4.69) is 10.3 Å². The summed E-state index contributed by atoms with van der Waals surface area (Å²) < 4.78 is 0. The van der Waals surface area contributed by atoms with Crippen molar-refractivity contribution >= 4 is 17.4 Å². The molecule has 7 heteroatoms. The number of nitro groups is 1. The maximum Gasteiger partial charge on any atom is 0.290 e. The average molecular weight is 238 g/mol. The first-order valence-corrected chi connectivity index (χ1v) is 5.07. The third kappa shape index (κ3) is 3.71. The second-order valence-electron chi connectivity index (χ2n) is 3.77. The van der Waals surface area contributed by atoms with E-state index < -0.39 is 10.8 Å². The van der Waals surface area contributed by atoms with Gasteiger partial charge < -0.3 is 11.1 Å². The van der Waals surface area contributed by atoms with Gasteiger partial charge in [0.25, 0.3) is 5.69 Å². The van der Waals surface area contributed by atoms with Crippen LogP contribution in [-0.4, -0.2) is 21.9 Å². The Morgan fingerprint density at radius 2 is 2.29 bits per heavy atom. The van der Waals surface area contributed by atoms with Gasteiger partial charge in [0.05, 0.1) is 4.92 Å². The number of carbonyl (C=O) groups is 1. The summed E-state index contributed by atoms with van der Waals surface area (Å²) >= 11 is 0. The van der Waals surface area contributed by atoms with E-state index in [0.717, 1.165) is 0 Å². The van der Waals surface area contributed by atoms with Gasteiger partial charge >= 0.3 is 0 Å². The number of primary amides is 1. The van der Waals surface area contributed by atoms with Crippen molar-refractivity contribution in [3.8, 4) is 0 Å². The third-order valence-corrected chi connectivity index (χ3v) is 2.16. The molecule has 0 saturated heterocycles. The van der Waals surface area contributed by atoms with Crippen molar-refractivity contribution in [1.29, 1.82) is 0 Å². The molecular formula is C10H14N4O3. The molecule has 3 N–H and O–H groups in total. The highest BCUT2D eigenvalue weighted by molar-refractivity contribution is 5.74. The van der Waals surface area contributed by atoms with Crippen LogP contribution in [0.25, 0.3) is 0 Å². The number of rotatable bonds is 5. The fourth-order valence-electron chi connectivity index (χ4n) is 1.43. The Balaban J connectivity index is 2.77. The van der Waals surface area contributed by atoms with Crippen LogP contribution in [0.2, 0.25) is 0 Å². The fraction of sp³-hybridized carbons (Fsp3) is 0.400. The molecule has 1 heterocycles. The standard InChI is InChI=1S/C10H14N4O3/c1-6(5-9(11)15)12-10-4-3-8(14(16)17)7(2)13-10/h3-4,6H,5H2,1-2H3,(H2,11,15)(H,12,13). The van der Waals surface area contributed by atoms with Gasteiger partial charge in [0, 0.05) is 18.5 Å². The van der Waals surface area contributed by atoms with Crippen LogP contribution in [0.4, 0.5) is 11.5 Å². The molecule has 1 unspecified atom stereocenters. The van der Waals surface area contributed by atoms with Crippen LogP contribution >= 0.6 is 0 Å². The number of hydrogen-bond donors (Lipinski definition) is 2. The van der Waals surface area contributed by atoms with Crippen LogP contribution in [-0.2, 0) is 4.79 Å². The molecule has 0 saturated carbocycles. The first-order chi connectivity index (χ1) is 7.90. The molecule has 0 aliphatic rings. The van der Waals surface area contributed by atoms with Crippen LogP contribution in [0.1, 0.15) is 19.0 Å². The molecule has 1 aromatic heterocycles. The lowest BCUT2D eigenvalue weighted by atomic mass is 10.2. The van der Waals surface area contributed by atoms with Gasteiger partial charge in [-0.2, -0.15) is 0 Å². The minimum atomic E-state index is -0.487. The Labute approximate surface area is 98.2 Å².